The molecule has 2 heterocycles. The van der Waals surface area contributed by atoms with Crippen LogP contribution in [0.3, 0.4) is 0 Å². The molecule has 2 aromatic heterocycles. The van der Waals surface area contributed by atoms with Gasteiger partial charge in [-0.25, -0.2) is 18.7 Å². The van der Waals surface area contributed by atoms with Gasteiger partial charge in [0.1, 0.15) is 10.3 Å². The van der Waals surface area contributed by atoms with Crippen molar-refractivity contribution >= 4 is 33.1 Å². The Kier molecular flexibility index (Phi) is 5.98. The summed E-state index contributed by atoms with van der Waals surface area (Å²) in [6, 6.07) is 5.95. The molecule has 0 fully saturated rings. The van der Waals surface area contributed by atoms with Crippen molar-refractivity contribution in [2.75, 3.05) is 19.5 Å². The maximum Gasteiger partial charge on any atom is 0.257 e. The molecule has 5 nitrogen and oxygen atoms in total. The quantitative estimate of drug-likeness (QED) is 0.594. The minimum atomic E-state index is -2.47. The van der Waals surface area contributed by atoms with Crippen LogP contribution in [0.2, 0.25) is 0 Å². The van der Waals surface area contributed by atoms with Crippen LogP contribution in [0.15, 0.2) is 30.5 Å². The number of nitrogens with one attached hydrogen (secondary N) is 2. The molecular formula is C19H22F2N4OS. The highest BCUT2D eigenvalue weighted by Gasteiger charge is 2.21. The highest BCUT2D eigenvalue weighted by atomic mass is 32.1. The minimum Gasteiger partial charge on any atom is -0.377 e. The van der Waals surface area contributed by atoms with E-state index in [1.165, 1.54) is 18.4 Å². The number of benzene rings is 1. The summed E-state index contributed by atoms with van der Waals surface area (Å²) in [6.45, 7) is 3.90. The van der Waals surface area contributed by atoms with Crippen molar-refractivity contribution in [1.29, 1.82) is 0 Å². The summed E-state index contributed by atoms with van der Waals surface area (Å²) >= 11 is 1.54. The molecule has 2 N–H and O–H groups in total. The number of aromatic nitrogens is 2. The van der Waals surface area contributed by atoms with Crippen molar-refractivity contribution in [2.45, 2.75) is 32.4 Å². The van der Waals surface area contributed by atoms with Gasteiger partial charge in [-0.1, -0.05) is 23.5 Å². The molecule has 0 bridgehead atoms. The van der Waals surface area contributed by atoms with Gasteiger partial charge < -0.3 is 15.4 Å². The molecule has 1 aromatic carbocycles. The molecule has 0 radical (unpaired) electrons. The second-order valence-electron chi connectivity index (χ2n) is 6.20. The van der Waals surface area contributed by atoms with Gasteiger partial charge >= 0.3 is 0 Å². The predicted octanol–water partition coefficient (Wildman–Crippen LogP) is 4.98. The number of thiazole rings is 1. The molecule has 3 rings (SSSR count). The molecule has 27 heavy (non-hydrogen) atoms. The van der Waals surface area contributed by atoms with Gasteiger partial charge in [-0.15, -0.1) is 0 Å². The molecule has 8 heteroatoms. The Morgan fingerprint density at radius 1 is 1.19 bits per heavy atom. The van der Waals surface area contributed by atoms with Crippen LogP contribution in [0.4, 0.5) is 20.2 Å². The fourth-order valence-corrected chi connectivity index (χ4v) is 3.77. The van der Waals surface area contributed by atoms with E-state index in [1.54, 1.807) is 37.6 Å². The monoisotopic (exact) mass is 392 g/mol. The Balaban J connectivity index is 1.94. The number of halogens is 2. The number of hydrogen-bond donors (Lipinski definition) is 2. The smallest absolute Gasteiger partial charge is 0.257 e. The van der Waals surface area contributed by atoms with E-state index >= 15 is 0 Å². The molecule has 0 aliphatic carbocycles. The molecule has 0 aliphatic rings. The van der Waals surface area contributed by atoms with Gasteiger partial charge in [0.2, 0.25) is 0 Å². The third-order valence-corrected chi connectivity index (χ3v) is 5.32. The number of ether oxygens (including phenoxy) is 1. The summed E-state index contributed by atoms with van der Waals surface area (Å²) in [5, 5.41) is 6.89. The van der Waals surface area contributed by atoms with E-state index in [0.717, 1.165) is 32.3 Å². The number of pyridine rings is 1. The third kappa shape index (κ3) is 4.07. The number of alkyl halides is 2. The van der Waals surface area contributed by atoms with E-state index in [1.807, 2.05) is 13.8 Å². The zero-order chi connectivity index (χ0) is 19.6. The van der Waals surface area contributed by atoms with Crippen molar-refractivity contribution < 1.29 is 13.5 Å². The van der Waals surface area contributed by atoms with E-state index < -0.39 is 12.5 Å². The number of aryl methyl sites for hydroxylation is 1. The largest absolute Gasteiger partial charge is 0.377 e. The van der Waals surface area contributed by atoms with Gasteiger partial charge in [0.15, 0.2) is 0 Å². The van der Waals surface area contributed by atoms with Crippen LogP contribution in [0.1, 0.15) is 35.2 Å². The van der Waals surface area contributed by atoms with Crippen molar-refractivity contribution in [3.63, 3.8) is 0 Å². The second-order valence-corrected chi connectivity index (χ2v) is 7.38. The maximum absolute atomic E-state index is 13.1. The summed E-state index contributed by atoms with van der Waals surface area (Å²) in [5.41, 5.74) is 3.85. The number of fused-ring (bicyclic) bond motifs is 1. The third-order valence-electron chi connectivity index (χ3n) is 4.44. The van der Waals surface area contributed by atoms with Crippen molar-refractivity contribution in [2.24, 2.45) is 0 Å². The lowest BCUT2D eigenvalue weighted by Crippen LogP contribution is -2.23. The van der Waals surface area contributed by atoms with Gasteiger partial charge in [0.05, 0.1) is 29.0 Å². The fraction of sp³-hybridized carbons (Fsp3) is 0.368. The average molecular weight is 392 g/mol. The Morgan fingerprint density at radius 3 is 2.48 bits per heavy atom. The van der Waals surface area contributed by atoms with Crippen molar-refractivity contribution in [3.8, 4) is 0 Å². The van der Waals surface area contributed by atoms with Crippen LogP contribution >= 0.6 is 11.3 Å². The summed E-state index contributed by atoms with van der Waals surface area (Å²) < 4.78 is 31.6. The molecule has 144 valence electrons. The van der Waals surface area contributed by atoms with Crippen LogP contribution in [0.25, 0.3) is 10.3 Å². The van der Waals surface area contributed by atoms with Gasteiger partial charge in [0.25, 0.3) is 6.43 Å². The van der Waals surface area contributed by atoms with Crippen molar-refractivity contribution in [1.82, 2.24) is 15.3 Å². The number of nitrogens with zero attached hydrogens (tertiary/aromatic N) is 2. The molecule has 3 aromatic rings. The standard InChI is InChI=1S/C19H22F2N4OS/c1-10(26-4)15-14(9-23-19-17(15)24-11(2)27-19)25-13-7-5-12(6-8-13)16(22-3)18(20)21/h5-10,16,18,22,25H,1-4H3. The Morgan fingerprint density at radius 2 is 1.89 bits per heavy atom. The van der Waals surface area contributed by atoms with E-state index in [-0.39, 0.29) is 6.10 Å². The minimum absolute atomic E-state index is 0.175. The van der Waals surface area contributed by atoms with Gasteiger partial charge in [-0.2, -0.15) is 0 Å². The molecule has 2 unspecified atom stereocenters. The highest BCUT2D eigenvalue weighted by molar-refractivity contribution is 7.18. The van der Waals surface area contributed by atoms with Gasteiger partial charge in [-0.05, 0) is 38.6 Å². The molecular weight excluding hydrogens is 370 g/mol. The first kappa shape index (κ1) is 19.6. The Labute approximate surface area is 160 Å². The number of rotatable bonds is 7. The number of methoxy groups -OCH3 is 1. The van der Waals surface area contributed by atoms with E-state index in [9.17, 15) is 8.78 Å². The molecule has 0 aliphatic heterocycles. The average Bonchev–Trinajstić information content (AvgIpc) is 3.03. The maximum atomic E-state index is 13.1. The molecule has 0 spiro atoms. The van der Waals surface area contributed by atoms with Crippen molar-refractivity contribution in [3.05, 3.63) is 46.6 Å². The van der Waals surface area contributed by atoms with Gasteiger partial charge in [-0.3, -0.25) is 0 Å². The van der Waals surface area contributed by atoms with Crippen LogP contribution in [0.5, 0.6) is 0 Å². The second kappa shape index (κ2) is 8.24. The highest BCUT2D eigenvalue weighted by Crippen LogP contribution is 2.35. The van der Waals surface area contributed by atoms with E-state index in [4.69, 9.17) is 4.74 Å². The molecule has 0 saturated carbocycles. The van der Waals surface area contributed by atoms with E-state index in [2.05, 4.69) is 20.6 Å². The summed E-state index contributed by atoms with van der Waals surface area (Å²) in [4.78, 5) is 9.95. The number of hydrogen-bond acceptors (Lipinski definition) is 6. The van der Waals surface area contributed by atoms with Crippen LogP contribution in [0, 0.1) is 6.92 Å². The summed E-state index contributed by atoms with van der Waals surface area (Å²) in [5.74, 6) is 0. The SMILES string of the molecule is CNC(c1ccc(Nc2cnc3sc(C)nc3c2C(C)OC)cc1)C(F)F. The topological polar surface area (TPSA) is 59.1 Å². The van der Waals surface area contributed by atoms with E-state index in [0.29, 0.717) is 5.56 Å². The van der Waals surface area contributed by atoms with Crippen LogP contribution in [-0.2, 0) is 4.74 Å². The zero-order valence-electron chi connectivity index (χ0n) is 15.6. The first-order valence-electron chi connectivity index (χ1n) is 8.55. The molecule has 0 amide bonds. The fourth-order valence-electron chi connectivity index (χ4n) is 3.00. The predicted molar refractivity (Wildman–Crippen MR) is 105 cm³/mol. The number of anilines is 2. The van der Waals surface area contributed by atoms with Crippen LogP contribution in [-0.4, -0.2) is 30.6 Å². The first-order chi connectivity index (χ1) is 12.9. The zero-order valence-corrected chi connectivity index (χ0v) is 16.4. The molecule has 2 atom stereocenters. The summed E-state index contributed by atoms with van der Waals surface area (Å²) in [6.07, 6.45) is -0.886. The lowest BCUT2D eigenvalue weighted by Gasteiger charge is -2.18. The Hall–Kier alpha value is -2.16. The Bertz CT molecular complexity index is 914. The van der Waals surface area contributed by atoms with Gasteiger partial charge in [0, 0.05) is 18.4 Å². The first-order valence-corrected chi connectivity index (χ1v) is 9.37. The molecule has 0 saturated heterocycles. The lowest BCUT2D eigenvalue weighted by atomic mass is 10.1. The lowest BCUT2D eigenvalue weighted by molar-refractivity contribution is 0.102. The summed E-state index contributed by atoms with van der Waals surface area (Å²) in [7, 11) is 3.18. The van der Waals surface area contributed by atoms with Crippen LogP contribution < -0.4 is 10.6 Å². The normalized spacial score (nSPS) is 13.9.